The van der Waals surface area contributed by atoms with Gasteiger partial charge in [0, 0.05) is 6.42 Å². The highest BCUT2D eigenvalue weighted by Crippen LogP contribution is 2.32. The number of carbonyl (C=O) groups excluding carboxylic acids is 1. The zero-order valence-electron chi connectivity index (χ0n) is 18.8. The topological polar surface area (TPSA) is 41.5 Å². The van der Waals surface area contributed by atoms with Gasteiger partial charge >= 0.3 is 0 Å². The molecule has 0 bridgehead atoms. The zero-order chi connectivity index (χ0) is 20.7. The van der Waals surface area contributed by atoms with E-state index in [1.165, 1.54) is 82.6 Å². The van der Waals surface area contributed by atoms with E-state index in [2.05, 4.69) is 41.7 Å². The molecule has 0 aliphatic heterocycles. The third-order valence-electron chi connectivity index (χ3n) is 6.26. The van der Waals surface area contributed by atoms with Crippen LogP contribution in [0.1, 0.15) is 127 Å². The number of hydrogen-bond donors (Lipinski definition) is 1. The molecule has 1 fully saturated rings. The van der Waals surface area contributed by atoms with E-state index in [1.807, 2.05) is 6.92 Å². The van der Waals surface area contributed by atoms with Gasteiger partial charge in [-0.05, 0) is 43.2 Å². The molecule has 1 aliphatic rings. The number of amides is 1. The molecule has 2 rings (SSSR count). The second-order valence-electron chi connectivity index (χ2n) is 8.77. The van der Waals surface area contributed by atoms with Crippen LogP contribution < -0.4 is 5.43 Å². The summed E-state index contributed by atoms with van der Waals surface area (Å²) in [7, 11) is 0. The minimum Gasteiger partial charge on any atom is -0.273 e. The maximum atomic E-state index is 12.0. The Morgan fingerprint density at radius 3 is 2.10 bits per heavy atom. The van der Waals surface area contributed by atoms with E-state index in [4.69, 9.17) is 0 Å². The number of nitrogens with one attached hydrogen (secondary N) is 1. The average Bonchev–Trinajstić information content (AvgIpc) is 2.77. The van der Waals surface area contributed by atoms with Crippen LogP contribution in [0.15, 0.2) is 29.4 Å². The minimum absolute atomic E-state index is 0.0334. The van der Waals surface area contributed by atoms with Gasteiger partial charge < -0.3 is 0 Å². The van der Waals surface area contributed by atoms with Crippen molar-refractivity contribution in [3.63, 3.8) is 0 Å². The second-order valence-corrected chi connectivity index (χ2v) is 8.77. The van der Waals surface area contributed by atoms with Crippen LogP contribution in [-0.2, 0) is 4.79 Å². The molecular weight excluding hydrogens is 356 g/mol. The number of nitrogens with zero attached hydrogens (tertiary/aromatic N) is 1. The molecule has 29 heavy (non-hydrogen) atoms. The summed E-state index contributed by atoms with van der Waals surface area (Å²) in [6.07, 6.45) is 18.7. The fraction of sp³-hybridized carbons (Fsp3) is 0.692. The molecule has 3 heteroatoms. The highest BCUT2D eigenvalue weighted by atomic mass is 16.2. The van der Waals surface area contributed by atoms with Gasteiger partial charge in [-0.3, -0.25) is 4.79 Å². The normalized spacial score (nSPS) is 15.4. The number of hydrogen-bond acceptors (Lipinski definition) is 2. The summed E-state index contributed by atoms with van der Waals surface area (Å²) in [5.74, 6) is 0.761. The van der Waals surface area contributed by atoms with E-state index >= 15 is 0 Å². The van der Waals surface area contributed by atoms with Crippen molar-refractivity contribution >= 4 is 11.6 Å². The predicted molar refractivity (Wildman–Crippen MR) is 124 cm³/mol. The van der Waals surface area contributed by atoms with Crippen LogP contribution in [0.2, 0.25) is 0 Å². The van der Waals surface area contributed by atoms with Crippen molar-refractivity contribution in [3.05, 3.63) is 35.4 Å². The number of rotatable bonds is 13. The van der Waals surface area contributed by atoms with E-state index in [-0.39, 0.29) is 5.91 Å². The molecule has 1 N–H and O–H groups in total. The first kappa shape index (κ1) is 23.6. The van der Waals surface area contributed by atoms with Crippen LogP contribution in [-0.4, -0.2) is 11.6 Å². The van der Waals surface area contributed by atoms with Crippen molar-refractivity contribution in [2.75, 3.05) is 0 Å². The molecule has 0 saturated heterocycles. The molecule has 0 atom stereocenters. The largest absolute Gasteiger partial charge is 0.273 e. The predicted octanol–water partition coefficient (Wildman–Crippen LogP) is 7.50. The van der Waals surface area contributed by atoms with Crippen molar-refractivity contribution in [2.45, 2.75) is 116 Å². The second kappa shape index (κ2) is 14.4. The van der Waals surface area contributed by atoms with Gasteiger partial charge in [0.1, 0.15) is 0 Å². The van der Waals surface area contributed by atoms with Crippen LogP contribution in [0.25, 0.3) is 0 Å². The summed E-state index contributed by atoms with van der Waals surface area (Å²) in [4.78, 5) is 12.0. The van der Waals surface area contributed by atoms with Crippen LogP contribution in [0, 0.1) is 0 Å². The van der Waals surface area contributed by atoms with Gasteiger partial charge in [0.2, 0.25) is 5.91 Å². The van der Waals surface area contributed by atoms with Crippen LogP contribution >= 0.6 is 0 Å². The number of hydrazone groups is 1. The number of unbranched alkanes of at least 4 members (excludes halogenated alkanes) is 8. The van der Waals surface area contributed by atoms with Gasteiger partial charge in [0.25, 0.3) is 0 Å². The molecule has 3 nitrogen and oxygen atoms in total. The van der Waals surface area contributed by atoms with Gasteiger partial charge in [-0.2, -0.15) is 5.10 Å². The van der Waals surface area contributed by atoms with Crippen molar-refractivity contribution in [1.82, 2.24) is 5.43 Å². The zero-order valence-corrected chi connectivity index (χ0v) is 18.8. The van der Waals surface area contributed by atoms with Crippen molar-refractivity contribution < 1.29 is 4.79 Å². The summed E-state index contributed by atoms with van der Waals surface area (Å²) in [5.41, 5.74) is 6.15. The molecule has 1 amide bonds. The van der Waals surface area contributed by atoms with E-state index in [9.17, 15) is 4.79 Å². The van der Waals surface area contributed by atoms with Crippen LogP contribution in [0.4, 0.5) is 0 Å². The van der Waals surface area contributed by atoms with Crippen LogP contribution in [0.3, 0.4) is 0 Å². The maximum Gasteiger partial charge on any atom is 0.240 e. The Hall–Kier alpha value is -1.64. The summed E-state index contributed by atoms with van der Waals surface area (Å²) >= 11 is 0. The molecule has 0 unspecified atom stereocenters. The maximum absolute atomic E-state index is 12.0. The Kier molecular flexibility index (Phi) is 11.7. The van der Waals surface area contributed by atoms with Gasteiger partial charge in [-0.1, -0.05) is 102 Å². The summed E-state index contributed by atoms with van der Waals surface area (Å²) in [6.45, 7) is 4.22. The molecular formula is C26H42N2O. The lowest BCUT2D eigenvalue weighted by atomic mass is 9.84. The Morgan fingerprint density at radius 2 is 1.48 bits per heavy atom. The number of benzene rings is 1. The molecule has 0 spiro atoms. The van der Waals surface area contributed by atoms with E-state index in [1.54, 1.807) is 0 Å². The van der Waals surface area contributed by atoms with Crippen molar-refractivity contribution in [2.24, 2.45) is 5.10 Å². The molecule has 1 aromatic rings. The first-order valence-corrected chi connectivity index (χ1v) is 12.1. The van der Waals surface area contributed by atoms with Gasteiger partial charge in [-0.25, -0.2) is 5.43 Å². The van der Waals surface area contributed by atoms with E-state index in [0.29, 0.717) is 6.42 Å². The Bertz CT molecular complexity index is 600. The standard InChI is InChI=1S/C26H42N2O/c1-3-4-5-6-7-8-9-10-14-17-26(29)28-27-22(2)23-18-20-25(21-19-23)24-15-12-11-13-16-24/h18-21,24H,3-17H2,1-2H3,(H,28,29)/b27-22+. The molecule has 1 saturated carbocycles. The molecule has 1 aliphatic carbocycles. The van der Waals surface area contributed by atoms with Crippen molar-refractivity contribution in [1.29, 1.82) is 0 Å². The molecule has 0 aromatic heterocycles. The summed E-state index contributed by atoms with van der Waals surface area (Å²) < 4.78 is 0. The fourth-order valence-corrected chi connectivity index (χ4v) is 4.30. The number of carbonyl (C=O) groups is 1. The third-order valence-corrected chi connectivity index (χ3v) is 6.26. The van der Waals surface area contributed by atoms with Crippen LogP contribution in [0.5, 0.6) is 0 Å². The summed E-state index contributed by atoms with van der Waals surface area (Å²) in [5, 5.41) is 4.31. The Labute approximate surface area is 178 Å². The van der Waals surface area contributed by atoms with Gasteiger partial charge in [0.05, 0.1) is 5.71 Å². The average molecular weight is 399 g/mol. The summed E-state index contributed by atoms with van der Waals surface area (Å²) in [6, 6.07) is 8.79. The fourth-order valence-electron chi connectivity index (χ4n) is 4.30. The lowest BCUT2D eigenvalue weighted by Gasteiger charge is -2.22. The molecule has 0 heterocycles. The smallest absolute Gasteiger partial charge is 0.240 e. The first-order valence-electron chi connectivity index (χ1n) is 12.1. The quantitative estimate of drug-likeness (QED) is 0.209. The lowest BCUT2D eigenvalue weighted by molar-refractivity contribution is -0.121. The molecule has 1 aromatic carbocycles. The SMILES string of the molecule is CCCCCCCCCCCC(=O)N/N=C(\C)c1ccc(C2CCCCC2)cc1. The van der Waals surface area contributed by atoms with Gasteiger partial charge in [-0.15, -0.1) is 0 Å². The van der Waals surface area contributed by atoms with Gasteiger partial charge in [0.15, 0.2) is 0 Å². The van der Waals surface area contributed by atoms with Crippen molar-refractivity contribution in [3.8, 4) is 0 Å². The monoisotopic (exact) mass is 398 g/mol. The minimum atomic E-state index is 0.0334. The lowest BCUT2D eigenvalue weighted by Crippen LogP contribution is -2.18. The first-order chi connectivity index (χ1) is 14.2. The highest BCUT2D eigenvalue weighted by molar-refractivity contribution is 5.99. The Balaban J connectivity index is 1.61. The van der Waals surface area contributed by atoms with E-state index < -0.39 is 0 Å². The Morgan fingerprint density at radius 1 is 0.897 bits per heavy atom. The highest BCUT2D eigenvalue weighted by Gasteiger charge is 2.15. The van der Waals surface area contributed by atoms with E-state index in [0.717, 1.165) is 30.0 Å². The molecule has 0 radical (unpaired) electrons. The third kappa shape index (κ3) is 9.60. The molecule has 162 valence electrons.